The van der Waals surface area contributed by atoms with Crippen molar-refractivity contribution in [3.63, 3.8) is 0 Å². The van der Waals surface area contributed by atoms with Crippen LogP contribution in [0.5, 0.6) is 0 Å². The minimum Gasteiger partial charge on any atom is -0.334 e. The van der Waals surface area contributed by atoms with Gasteiger partial charge in [0.05, 0.1) is 0 Å². The first-order valence-corrected chi connectivity index (χ1v) is 8.49. The van der Waals surface area contributed by atoms with Crippen molar-refractivity contribution in [2.75, 3.05) is 0 Å². The van der Waals surface area contributed by atoms with E-state index in [1.165, 1.54) is 0 Å². The maximum atomic E-state index is 13.2. The van der Waals surface area contributed by atoms with Gasteiger partial charge in [0.25, 0.3) is 11.7 Å². The summed E-state index contributed by atoms with van der Waals surface area (Å²) < 4.78 is 1.83. The number of rotatable bonds is 4. The average Bonchev–Trinajstić information content (AvgIpc) is 2.95. The zero-order valence-electron chi connectivity index (χ0n) is 15.3. The summed E-state index contributed by atoms with van der Waals surface area (Å²) in [6.07, 6.45) is 3.67. The molecule has 6 heteroatoms. The number of carbonyl (C=O) groups excluding carboxylic acids is 1. The van der Waals surface area contributed by atoms with Gasteiger partial charge in [-0.1, -0.05) is 18.2 Å². The number of hydrogen-bond donors (Lipinski definition) is 0. The fourth-order valence-electron chi connectivity index (χ4n) is 3.16. The Hall–Kier alpha value is -2.76. The van der Waals surface area contributed by atoms with Gasteiger partial charge in [0.15, 0.2) is 0 Å². The van der Waals surface area contributed by atoms with Crippen molar-refractivity contribution in [2.45, 2.75) is 46.7 Å². The van der Waals surface area contributed by atoms with Gasteiger partial charge in [0, 0.05) is 35.6 Å². The second-order valence-electron chi connectivity index (χ2n) is 6.71. The number of benzene rings is 1. The van der Waals surface area contributed by atoms with Gasteiger partial charge in [0.2, 0.25) is 0 Å². The van der Waals surface area contributed by atoms with E-state index in [4.69, 9.17) is 0 Å². The Kier molecular flexibility index (Phi) is 4.53. The van der Waals surface area contributed by atoms with Crippen LogP contribution in [0.3, 0.4) is 0 Å². The van der Waals surface area contributed by atoms with Crippen LogP contribution < -0.4 is 0 Å². The maximum Gasteiger partial charge on any atom is 0.254 e. The van der Waals surface area contributed by atoms with Gasteiger partial charge in [-0.2, -0.15) is 0 Å². The minimum absolute atomic E-state index is 0.0289. The van der Waals surface area contributed by atoms with E-state index in [0.29, 0.717) is 11.3 Å². The Labute approximate surface area is 147 Å². The molecule has 3 rings (SSSR count). The van der Waals surface area contributed by atoms with Crippen LogP contribution in [0.2, 0.25) is 0 Å². The molecule has 130 valence electrons. The lowest BCUT2D eigenvalue weighted by molar-refractivity contribution is 0.0644. The molecule has 0 fully saturated rings. The van der Waals surface area contributed by atoms with Gasteiger partial charge in [0.1, 0.15) is 5.82 Å². The van der Waals surface area contributed by atoms with E-state index in [9.17, 15) is 4.79 Å². The van der Waals surface area contributed by atoms with Crippen LogP contribution in [0, 0.1) is 6.92 Å². The molecule has 3 aromatic rings. The third kappa shape index (κ3) is 3.12. The number of amides is 1. The van der Waals surface area contributed by atoms with Gasteiger partial charge >= 0.3 is 0 Å². The molecule has 0 aliphatic heterocycles. The van der Waals surface area contributed by atoms with E-state index in [1.54, 1.807) is 6.20 Å². The highest BCUT2D eigenvalue weighted by Crippen LogP contribution is 2.26. The Balaban J connectivity index is 2.11. The molecule has 0 aliphatic rings. The topological polar surface area (TPSA) is 63.4 Å². The first kappa shape index (κ1) is 17.1. The highest BCUT2D eigenvalue weighted by Gasteiger charge is 2.24. The Morgan fingerprint density at radius 3 is 2.44 bits per heavy atom. The van der Waals surface area contributed by atoms with Crippen LogP contribution in [0.1, 0.15) is 43.9 Å². The molecule has 25 heavy (non-hydrogen) atoms. The van der Waals surface area contributed by atoms with Crippen molar-refractivity contribution in [1.29, 1.82) is 0 Å². The summed E-state index contributed by atoms with van der Waals surface area (Å²) in [6, 6.07) is 7.91. The van der Waals surface area contributed by atoms with E-state index in [0.717, 1.165) is 17.0 Å². The summed E-state index contributed by atoms with van der Waals surface area (Å²) in [5.41, 5.74) is 2.41. The number of aryl methyl sites for hydroxylation is 1. The van der Waals surface area contributed by atoms with Gasteiger partial charge in [-0.15, -0.1) is 10.2 Å². The first-order chi connectivity index (χ1) is 11.9. The lowest BCUT2D eigenvalue weighted by Crippen LogP contribution is -2.42. The Morgan fingerprint density at radius 2 is 1.76 bits per heavy atom. The zero-order chi connectivity index (χ0) is 18.1. The fraction of sp³-hybridized carbons (Fsp3) is 0.368. The molecule has 0 saturated carbocycles. The molecule has 2 aromatic heterocycles. The van der Waals surface area contributed by atoms with Crippen LogP contribution in [-0.4, -0.2) is 42.5 Å². The van der Waals surface area contributed by atoms with Crippen LogP contribution in [-0.2, 0) is 0 Å². The van der Waals surface area contributed by atoms with Crippen LogP contribution >= 0.6 is 0 Å². The molecule has 6 nitrogen and oxygen atoms in total. The largest absolute Gasteiger partial charge is 0.334 e. The number of fused-ring (bicyclic) bond motifs is 1. The van der Waals surface area contributed by atoms with Gasteiger partial charge in [-0.25, -0.2) is 4.98 Å². The molecule has 1 aromatic carbocycles. The summed E-state index contributed by atoms with van der Waals surface area (Å²) >= 11 is 0. The molecule has 0 bridgehead atoms. The van der Waals surface area contributed by atoms with Crippen molar-refractivity contribution < 1.29 is 4.79 Å². The second kappa shape index (κ2) is 6.63. The standard InChI is InChI=1S/C19H23N5O/c1-12(2)24(13(3)4)18(25)17-9-7-6-8-16(17)15-10-20-19-22-21-14(5)23(19)11-15/h6-13H,1-5H3. The van der Waals surface area contributed by atoms with Gasteiger partial charge in [-0.3, -0.25) is 9.20 Å². The van der Waals surface area contributed by atoms with Crippen LogP contribution in [0.4, 0.5) is 0 Å². The Bertz CT molecular complexity index is 905. The number of hydrogen-bond acceptors (Lipinski definition) is 4. The number of carbonyl (C=O) groups is 1. The van der Waals surface area contributed by atoms with Gasteiger partial charge in [-0.05, 0) is 46.2 Å². The minimum atomic E-state index is 0.0289. The molecular formula is C19H23N5O. The summed E-state index contributed by atoms with van der Waals surface area (Å²) in [7, 11) is 0. The van der Waals surface area contributed by atoms with E-state index >= 15 is 0 Å². The smallest absolute Gasteiger partial charge is 0.254 e. The molecule has 0 unspecified atom stereocenters. The highest BCUT2D eigenvalue weighted by molar-refractivity contribution is 6.01. The molecule has 2 heterocycles. The summed E-state index contributed by atoms with van der Waals surface area (Å²) in [5.74, 6) is 1.34. The molecular weight excluding hydrogens is 314 g/mol. The summed E-state index contributed by atoms with van der Waals surface area (Å²) in [5, 5.41) is 8.05. The van der Waals surface area contributed by atoms with Gasteiger partial charge < -0.3 is 4.90 Å². The van der Waals surface area contributed by atoms with Crippen molar-refractivity contribution in [3.8, 4) is 11.1 Å². The maximum absolute atomic E-state index is 13.2. The van der Waals surface area contributed by atoms with Crippen molar-refractivity contribution in [3.05, 3.63) is 48.0 Å². The zero-order valence-corrected chi connectivity index (χ0v) is 15.3. The summed E-state index contributed by atoms with van der Waals surface area (Å²) in [6.45, 7) is 10.0. The van der Waals surface area contributed by atoms with Crippen LogP contribution in [0.25, 0.3) is 16.9 Å². The van der Waals surface area contributed by atoms with E-state index < -0.39 is 0 Å². The monoisotopic (exact) mass is 337 g/mol. The van der Waals surface area contributed by atoms with E-state index in [2.05, 4.69) is 15.2 Å². The quantitative estimate of drug-likeness (QED) is 0.732. The SMILES string of the molecule is Cc1nnc2ncc(-c3ccccc3C(=O)N(C(C)C)C(C)C)cn12. The first-order valence-electron chi connectivity index (χ1n) is 8.49. The predicted molar refractivity (Wildman–Crippen MR) is 97.4 cm³/mol. The third-order valence-electron chi connectivity index (χ3n) is 4.25. The number of nitrogens with zero attached hydrogens (tertiary/aromatic N) is 5. The molecule has 0 saturated heterocycles. The lowest BCUT2D eigenvalue weighted by Gasteiger charge is -2.31. The molecule has 1 amide bonds. The molecule has 0 aliphatic carbocycles. The summed E-state index contributed by atoms with van der Waals surface area (Å²) in [4.78, 5) is 19.4. The van der Waals surface area contributed by atoms with E-state index in [-0.39, 0.29) is 18.0 Å². The third-order valence-corrected chi connectivity index (χ3v) is 4.25. The van der Waals surface area contributed by atoms with E-state index in [1.807, 2.05) is 74.4 Å². The number of aromatic nitrogens is 4. The predicted octanol–water partition coefficient (Wildman–Crippen LogP) is 3.36. The van der Waals surface area contributed by atoms with Crippen LogP contribution in [0.15, 0.2) is 36.7 Å². The molecule has 0 N–H and O–H groups in total. The normalized spacial score (nSPS) is 11.5. The van der Waals surface area contributed by atoms with Crippen molar-refractivity contribution >= 4 is 11.7 Å². The molecule has 0 spiro atoms. The van der Waals surface area contributed by atoms with Crippen molar-refractivity contribution in [1.82, 2.24) is 24.5 Å². The highest BCUT2D eigenvalue weighted by atomic mass is 16.2. The molecule has 0 atom stereocenters. The van der Waals surface area contributed by atoms with Crippen molar-refractivity contribution in [2.24, 2.45) is 0 Å². The Morgan fingerprint density at radius 1 is 1.08 bits per heavy atom. The molecule has 0 radical (unpaired) electrons. The second-order valence-corrected chi connectivity index (χ2v) is 6.71. The fourth-order valence-corrected chi connectivity index (χ4v) is 3.16. The lowest BCUT2D eigenvalue weighted by atomic mass is 10.00. The average molecular weight is 337 g/mol.